The van der Waals surface area contributed by atoms with Crippen LogP contribution in [0.15, 0.2) is 23.0 Å². The lowest BCUT2D eigenvalue weighted by atomic mass is 9.59. The first-order valence-corrected chi connectivity index (χ1v) is 11.3. The highest BCUT2D eigenvalue weighted by Gasteiger charge is 2.60. The van der Waals surface area contributed by atoms with Gasteiger partial charge < -0.3 is 30.9 Å². The zero-order chi connectivity index (χ0) is 25.1. The Hall–Kier alpha value is -3.17. The zero-order valence-electron chi connectivity index (χ0n) is 19.3. The number of ketones is 2. The molecule has 3 atom stereocenters. The van der Waals surface area contributed by atoms with Crippen molar-refractivity contribution in [3.63, 3.8) is 0 Å². The second-order valence-electron chi connectivity index (χ2n) is 9.83. The molecular weight excluding hydrogens is 442 g/mol. The lowest BCUT2D eigenvalue weighted by Crippen LogP contribution is -2.58. The molecule has 0 bridgehead atoms. The number of aliphatic hydroxyl groups excluding tert-OH is 2. The molecule has 182 valence electrons. The Kier molecular flexibility index (Phi) is 5.81. The van der Waals surface area contributed by atoms with Gasteiger partial charge in [0.05, 0.1) is 12.2 Å². The number of benzene rings is 1. The number of phenols is 1. The fourth-order valence-electron chi connectivity index (χ4n) is 5.71. The molecule has 0 aliphatic heterocycles. The summed E-state index contributed by atoms with van der Waals surface area (Å²) in [7, 11) is 1.54. The molecule has 0 unspecified atom stereocenters. The van der Waals surface area contributed by atoms with Crippen LogP contribution < -0.4 is 5.73 Å². The highest BCUT2D eigenvalue weighted by atomic mass is 16.5. The second kappa shape index (κ2) is 8.25. The molecule has 0 spiro atoms. The number of aliphatic hydroxyl groups is 3. The van der Waals surface area contributed by atoms with E-state index < -0.39 is 52.0 Å². The molecule has 3 aliphatic rings. The van der Waals surface area contributed by atoms with Gasteiger partial charge in [-0.05, 0) is 53.9 Å². The predicted octanol–water partition coefficient (Wildman–Crippen LogP) is 1.77. The maximum absolute atomic E-state index is 13.6. The molecule has 0 aromatic heterocycles. The Balaban J connectivity index is 1.94. The van der Waals surface area contributed by atoms with Crippen LogP contribution in [0.1, 0.15) is 48.9 Å². The van der Waals surface area contributed by atoms with Gasteiger partial charge >= 0.3 is 0 Å². The average Bonchev–Trinajstić information content (AvgIpc) is 2.73. The monoisotopic (exact) mass is 471 g/mol. The van der Waals surface area contributed by atoms with E-state index in [1.165, 1.54) is 7.11 Å². The maximum Gasteiger partial charge on any atom is 0.255 e. The minimum atomic E-state index is -2.56. The van der Waals surface area contributed by atoms with E-state index in [0.717, 1.165) is 5.56 Å². The Morgan fingerprint density at radius 1 is 1.21 bits per heavy atom. The zero-order valence-corrected chi connectivity index (χ0v) is 19.3. The number of primary amides is 1. The summed E-state index contributed by atoms with van der Waals surface area (Å²) in [6, 6.07) is 1.84. The normalized spacial score (nSPS) is 26.5. The number of hydrogen-bond acceptors (Lipinski definition) is 8. The first-order valence-electron chi connectivity index (χ1n) is 11.3. The Bertz CT molecular complexity index is 1180. The third-order valence-corrected chi connectivity index (χ3v) is 7.16. The Labute approximate surface area is 196 Å². The molecule has 6 N–H and O–H groups in total. The smallest absolute Gasteiger partial charge is 0.255 e. The summed E-state index contributed by atoms with van der Waals surface area (Å²) >= 11 is 0. The van der Waals surface area contributed by atoms with Gasteiger partial charge in [0.2, 0.25) is 5.78 Å². The van der Waals surface area contributed by atoms with Gasteiger partial charge in [0, 0.05) is 25.0 Å². The Morgan fingerprint density at radius 2 is 1.88 bits per heavy atom. The van der Waals surface area contributed by atoms with Crippen LogP contribution in [0.3, 0.4) is 0 Å². The number of methoxy groups -OCH3 is 1. The number of rotatable bonds is 5. The van der Waals surface area contributed by atoms with Crippen LogP contribution in [-0.4, -0.2) is 50.6 Å². The van der Waals surface area contributed by atoms with Crippen LogP contribution in [0, 0.1) is 17.8 Å². The van der Waals surface area contributed by atoms with Crippen molar-refractivity contribution in [3.05, 3.63) is 45.2 Å². The van der Waals surface area contributed by atoms with Gasteiger partial charge in [-0.25, -0.2) is 0 Å². The first kappa shape index (κ1) is 24.0. The number of carbonyl (C=O) groups excluding carboxylic acids is 3. The molecule has 1 aromatic rings. The van der Waals surface area contributed by atoms with Crippen LogP contribution in [0.25, 0.3) is 5.76 Å². The van der Waals surface area contributed by atoms with Gasteiger partial charge in [-0.1, -0.05) is 13.8 Å². The number of phenolic OH excluding ortho intramolecular Hbond substituents is 1. The third-order valence-electron chi connectivity index (χ3n) is 7.16. The summed E-state index contributed by atoms with van der Waals surface area (Å²) in [6.07, 6.45) is 0.549. The van der Waals surface area contributed by atoms with E-state index in [2.05, 4.69) is 0 Å². The van der Waals surface area contributed by atoms with Crippen molar-refractivity contribution in [2.75, 3.05) is 7.11 Å². The van der Waals surface area contributed by atoms with Crippen molar-refractivity contribution in [2.24, 2.45) is 23.5 Å². The van der Waals surface area contributed by atoms with E-state index in [4.69, 9.17) is 10.5 Å². The molecule has 1 saturated carbocycles. The molecule has 1 aromatic carbocycles. The van der Waals surface area contributed by atoms with Crippen LogP contribution in [-0.2, 0) is 38.6 Å². The number of carbonyl (C=O) groups is 3. The Morgan fingerprint density at radius 3 is 2.47 bits per heavy atom. The van der Waals surface area contributed by atoms with Crippen LogP contribution in [0.2, 0.25) is 0 Å². The summed E-state index contributed by atoms with van der Waals surface area (Å²) in [6.45, 7) is 4.20. The fourth-order valence-corrected chi connectivity index (χ4v) is 5.71. The summed E-state index contributed by atoms with van der Waals surface area (Å²) in [4.78, 5) is 37.7. The largest absolute Gasteiger partial charge is 0.508 e. The first-order chi connectivity index (χ1) is 15.9. The molecule has 3 aliphatic carbocycles. The van der Waals surface area contributed by atoms with E-state index in [9.17, 15) is 34.8 Å². The maximum atomic E-state index is 13.6. The number of hydrogen-bond donors (Lipinski definition) is 5. The highest BCUT2D eigenvalue weighted by Crippen LogP contribution is 2.52. The lowest BCUT2D eigenvalue weighted by Gasteiger charge is -2.46. The van der Waals surface area contributed by atoms with E-state index in [-0.39, 0.29) is 48.7 Å². The molecule has 4 rings (SSSR count). The van der Waals surface area contributed by atoms with Crippen molar-refractivity contribution in [1.82, 2.24) is 0 Å². The van der Waals surface area contributed by atoms with Crippen LogP contribution in [0.4, 0.5) is 0 Å². The van der Waals surface area contributed by atoms with Crippen molar-refractivity contribution in [3.8, 4) is 5.75 Å². The molecule has 9 heteroatoms. The topological polar surface area (TPSA) is 167 Å². The number of nitrogens with two attached hydrogens (primary N) is 1. The SMILES string of the molecule is COCc1cc(CC(C)C)c(O)c2c1C[C@H]1C[C@H]3CC(=O)C(C(N)=O)=C(O)[C@@]3(O)C(=O)C1=C2O. The second-order valence-corrected chi connectivity index (χ2v) is 9.83. The van der Waals surface area contributed by atoms with Crippen molar-refractivity contribution >= 4 is 23.2 Å². The molecule has 9 nitrogen and oxygen atoms in total. The number of aromatic hydroxyl groups is 1. The quantitative estimate of drug-likeness (QED) is 0.405. The summed E-state index contributed by atoms with van der Waals surface area (Å²) < 4.78 is 5.34. The third kappa shape index (κ3) is 3.33. The minimum Gasteiger partial charge on any atom is -0.508 e. The van der Waals surface area contributed by atoms with Crippen LogP contribution in [0.5, 0.6) is 5.75 Å². The molecule has 0 heterocycles. The van der Waals surface area contributed by atoms with E-state index in [1.807, 2.05) is 19.9 Å². The molecular formula is C25H29NO8. The summed E-state index contributed by atoms with van der Waals surface area (Å²) in [5.74, 6) is -6.02. The summed E-state index contributed by atoms with van der Waals surface area (Å²) in [5.41, 5.74) is 3.81. The number of fused-ring (bicyclic) bond motifs is 3. The minimum absolute atomic E-state index is 0.101. The average molecular weight is 472 g/mol. The summed E-state index contributed by atoms with van der Waals surface area (Å²) in [5, 5.41) is 44.3. The number of Topliss-reactive ketones (excluding diaryl/α,β-unsaturated/α-hetero) is 2. The highest BCUT2D eigenvalue weighted by molar-refractivity contribution is 6.22. The fraction of sp³-hybridized carbons (Fsp3) is 0.480. The predicted molar refractivity (Wildman–Crippen MR) is 121 cm³/mol. The molecule has 34 heavy (non-hydrogen) atoms. The molecule has 1 amide bonds. The number of amides is 1. The lowest BCUT2D eigenvalue weighted by molar-refractivity contribution is -0.147. The molecule has 1 fully saturated rings. The van der Waals surface area contributed by atoms with Crippen molar-refractivity contribution in [1.29, 1.82) is 0 Å². The van der Waals surface area contributed by atoms with Gasteiger partial charge in [0.25, 0.3) is 5.91 Å². The van der Waals surface area contributed by atoms with E-state index in [1.54, 1.807) is 0 Å². The number of ether oxygens (including phenoxy) is 1. The van der Waals surface area contributed by atoms with Crippen molar-refractivity contribution < 1.29 is 39.5 Å². The van der Waals surface area contributed by atoms with Gasteiger partial charge in [-0.2, -0.15) is 0 Å². The van der Waals surface area contributed by atoms with Gasteiger partial charge in [-0.15, -0.1) is 0 Å². The molecule has 0 radical (unpaired) electrons. The van der Waals surface area contributed by atoms with Gasteiger partial charge in [0.15, 0.2) is 11.4 Å². The van der Waals surface area contributed by atoms with Crippen LogP contribution >= 0.6 is 0 Å². The molecule has 0 saturated heterocycles. The van der Waals surface area contributed by atoms with Crippen molar-refractivity contribution in [2.45, 2.75) is 51.7 Å². The van der Waals surface area contributed by atoms with E-state index >= 15 is 0 Å². The van der Waals surface area contributed by atoms with Gasteiger partial charge in [0.1, 0.15) is 22.8 Å². The van der Waals surface area contributed by atoms with Gasteiger partial charge in [-0.3, -0.25) is 14.4 Å². The van der Waals surface area contributed by atoms with E-state index in [0.29, 0.717) is 17.5 Å². The standard InChI is InChI=1S/C25H29NO8/c1-10(2)4-12-5-13(9-34-3)15-7-11-6-14-8-16(27)19(24(26)32)23(31)25(14,33)22(30)17(11)21(29)18(15)20(12)28/h5,10-11,14,28-29,31,33H,4,6-9H2,1-3H3,(H2,26,32)/t11-,14+,25+/m1/s1.